The van der Waals surface area contributed by atoms with Crippen LogP contribution >= 0.6 is 11.3 Å². The number of nitriles is 1. The highest BCUT2D eigenvalue weighted by Gasteiger charge is 2.18. The minimum atomic E-state index is -0.778. The van der Waals surface area contributed by atoms with Gasteiger partial charge in [-0.15, -0.1) is 11.3 Å². The van der Waals surface area contributed by atoms with Crippen molar-refractivity contribution in [1.82, 2.24) is 15.2 Å². The van der Waals surface area contributed by atoms with Gasteiger partial charge in [0.1, 0.15) is 6.54 Å². The third-order valence-corrected chi connectivity index (χ3v) is 2.39. The largest absolute Gasteiger partial charge is 0.335 e. The first kappa shape index (κ1) is 12.1. The molecule has 0 saturated heterocycles. The van der Waals surface area contributed by atoms with Gasteiger partial charge in [-0.05, 0) is 0 Å². The molecule has 0 saturated carbocycles. The monoisotopic (exact) mass is 238 g/mol. The molecule has 0 radical (unpaired) electrons. The van der Waals surface area contributed by atoms with Crippen molar-refractivity contribution in [3.8, 4) is 6.07 Å². The topological polar surface area (TPSA) is 86.1 Å². The molecule has 0 unspecified atom stereocenters. The van der Waals surface area contributed by atoms with Crippen molar-refractivity contribution >= 4 is 23.2 Å². The Balaban J connectivity index is 2.48. The van der Waals surface area contributed by atoms with Gasteiger partial charge in [0.05, 0.1) is 23.8 Å². The first-order chi connectivity index (χ1) is 7.65. The molecule has 1 rings (SSSR count). The summed E-state index contributed by atoms with van der Waals surface area (Å²) in [6.07, 6.45) is 0. The van der Waals surface area contributed by atoms with E-state index in [0.717, 1.165) is 5.69 Å². The lowest BCUT2D eigenvalue weighted by molar-refractivity contribution is -0.145. The van der Waals surface area contributed by atoms with Crippen LogP contribution in [0.4, 0.5) is 0 Å². The van der Waals surface area contributed by atoms with Crippen LogP contribution in [-0.4, -0.2) is 35.3 Å². The molecule has 2 amide bonds. The average molecular weight is 238 g/mol. The zero-order chi connectivity index (χ0) is 12.0. The number of rotatable bonds is 3. The van der Waals surface area contributed by atoms with E-state index in [-0.39, 0.29) is 13.1 Å². The molecule has 0 spiro atoms. The second kappa shape index (κ2) is 5.82. The van der Waals surface area contributed by atoms with Crippen molar-refractivity contribution in [1.29, 1.82) is 5.26 Å². The first-order valence-electron chi connectivity index (χ1n) is 4.42. The van der Waals surface area contributed by atoms with Gasteiger partial charge in [0.15, 0.2) is 0 Å². The molecule has 0 aliphatic heterocycles. The van der Waals surface area contributed by atoms with E-state index in [1.54, 1.807) is 17.0 Å². The lowest BCUT2D eigenvalue weighted by Crippen LogP contribution is -2.40. The van der Waals surface area contributed by atoms with Gasteiger partial charge < -0.3 is 10.2 Å². The van der Waals surface area contributed by atoms with Crippen LogP contribution in [0.5, 0.6) is 0 Å². The van der Waals surface area contributed by atoms with Gasteiger partial charge in [0.25, 0.3) is 0 Å². The number of nitrogens with one attached hydrogen (secondary N) is 1. The molecule has 1 N–H and O–H groups in total. The Morgan fingerprint density at radius 3 is 3.00 bits per heavy atom. The Hall–Kier alpha value is -1.94. The normalized spacial score (nSPS) is 9.25. The van der Waals surface area contributed by atoms with E-state index in [0.29, 0.717) is 0 Å². The lowest BCUT2D eigenvalue weighted by Gasteiger charge is -2.14. The van der Waals surface area contributed by atoms with E-state index in [9.17, 15) is 9.59 Å². The Labute approximate surface area is 96.5 Å². The zero-order valence-corrected chi connectivity index (χ0v) is 9.45. The van der Waals surface area contributed by atoms with Crippen LogP contribution in [0.15, 0.2) is 10.9 Å². The number of amides is 2. The van der Waals surface area contributed by atoms with Crippen LogP contribution in [0, 0.1) is 11.3 Å². The van der Waals surface area contributed by atoms with Gasteiger partial charge in [-0.25, -0.2) is 4.98 Å². The molecule has 0 bridgehead atoms. The zero-order valence-electron chi connectivity index (χ0n) is 8.64. The fraction of sp³-hybridized carbons (Fsp3) is 0.333. The van der Waals surface area contributed by atoms with Gasteiger partial charge in [-0.2, -0.15) is 5.26 Å². The van der Waals surface area contributed by atoms with E-state index in [1.165, 1.54) is 23.3 Å². The highest BCUT2D eigenvalue weighted by molar-refractivity contribution is 7.07. The number of carbonyl (C=O) groups is 2. The summed E-state index contributed by atoms with van der Waals surface area (Å²) in [5, 5.41) is 12.2. The second-order valence-corrected chi connectivity index (χ2v) is 3.70. The van der Waals surface area contributed by atoms with Crippen molar-refractivity contribution < 1.29 is 9.59 Å². The molecule has 0 aromatic carbocycles. The summed E-state index contributed by atoms with van der Waals surface area (Å²) in [6, 6.07) is 1.72. The van der Waals surface area contributed by atoms with E-state index < -0.39 is 11.8 Å². The van der Waals surface area contributed by atoms with E-state index in [2.05, 4.69) is 10.3 Å². The van der Waals surface area contributed by atoms with Crippen molar-refractivity contribution in [2.24, 2.45) is 0 Å². The number of thiazole rings is 1. The van der Waals surface area contributed by atoms with Crippen molar-refractivity contribution in [2.75, 3.05) is 13.6 Å². The Kier molecular flexibility index (Phi) is 4.42. The molecule has 0 fully saturated rings. The van der Waals surface area contributed by atoms with Crippen molar-refractivity contribution in [3.63, 3.8) is 0 Å². The fourth-order valence-electron chi connectivity index (χ4n) is 0.999. The van der Waals surface area contributed by atoms with Crippen LogP contribution in [0.1, 0.15) is 5.69 Å². The summed E-state index contributed by atoms with van der Waals surface area (Å²) in [7, 11) is 1.51. The lowest BCUT2D eigenvalue weighted by atomic mass is 10.4. The minimum Gasteiger partial charge on any atom is -0.335 e. The van der Waals surface area contributed by atoms with Gasteiger partial charge in [0, 0.05) is 12.4 Å². The number of carbonyl (C=O) groups excluding carboxylic acids is 2. The summed E-state index contributed by atoms with van der Waals surface area (Å²) in [6.45, 7) is 0.109. The number of nitrogens with zero attached hydrogens (tertiary/aromatic N) is 3. The fourth-order valence-corrected chi connectivity index (χ4v) is 1.55. The van der Waals surface area contributed by atoms with Crippen LogP contribution in [-0.2, 0) is 16.1 Å². The third kappa shape index (κ3) is 3.33. The molecule has 1 aromatic rings. The van der Waals surface area contributed by atoms with Crippen LogP contribution in [0.25, 0.3) is 0 Å². The number of hydrogen-bond donors (Lipinski definition) is 1. The molecule has 84 valence electrons. The van der Waals surface area contributed by atoms with Crippen molar-refractivity contribution in [2.45, 2.75) is 6.54 Å². The molecular weight excluding hydrogens is 228 g/mol. The van der Waals surface area contributed by atoms with Crippen molar-refractivity contribution in [3.05, 3.63) is 16.6 Å². The van der Waals surface area contributed by atoms with Gasteiger partial charge >= 0.3 is 11.8 Å². The molecule has 0 aliphatic rings. The smallest absolute Gasteiger partial charge is 0.312 e. The van der Waals surface area contributed by atoms with Gasteiger partial charge in [0.2, 0.25) is 0 Å². The molecular formula is C9H10N4O2S. The number of aromatic nitrogens is 1. The Bertz CT molecular complexity index is 410. The summed E-state index contributed by atoms with van der Waals surface area (Å²) < 4.78 is 0. The number of hydrogen-bond acceptors (Lipinski definition) is 5. The molecule has 1 aromatic heterocycles. The molecule has 7 heteroatoms. The number of likely N-dealkylation sites (N-methyl/N-ethyl adjacent to an activating group) is 1. The summed E-state index contributed by atoms with van der Waals surface area (Å²) in [5.41, 5.74) is 2.39. The molecule has 6 nitrogen and oxygen atoms in total. The molecule has 0 atom stereocenters. The van der Waals surface area contributed by atoms with Crippen LogP contribution in [0.2, 0.25) is 0 Å². The van der Waals surface area contributed by atoms with E-state index in [4.69, 9.17) is 5.26 Å². The maximum atomic E-state index is 11.5. The molecule has 16 heavy (non-hydrogen) atoms. The summed E-state index contributed by atoms with van der Waals surface area (Å²) in [5.74, 6) is -1.46. The highest BCUT2D eigenvalue weighted by Crippen LogP contribution is 2.03. The minimum absolute atomic E-state index is 0.172. The van der Waals surface area contributed by atoms with E-state index >= 15 is 0 Å². The predicted molar refractivity (Wildman–Crippen MR) is 57.2 cm³/mol. The quantitative estimate of drug-likeness (QED) is 0.580. The maximum absolute atomic E-state index is 11.5. The van der Waals surface area contributed by atoms with Gasteiger partial charge in [-0.3, -0.25) is 9.59 Å². The maximum Gasteiger partial charge on any atom is 0.312 e. The third-order valence-electron chi connectivity index (χ3n) is 1.75. The predicted octanol–water partition coefficient (Wildman–Crippen LogP) is -0.259. The average Bonchev–Trinajstić information content (AvgIpc) is 2.77. The summed E-state index contributed by atoms with van der Waals surface area (Å²) >= 11 is 1.42. The molecule has 0 aliphatic carbocycles. The van der Waals surface area contributed by atoms with Crippen LogP contribution in [0.3, 0.4) is 0 Å². The Morgan fingerprint density at radius 1 is 1.69 bits per heavy atom. The van der Waals surface area contributed by atoms with Crippen LogP contribution < -0.4 is 5.32 Å². The van der Waals surface area contributed by atoms with E-state index in [1.807, 2.05) is 0 Å². The summed E-state index contributed by atoms with van der Waals surface area (Å²) in [4.78, 5) is 27.9. The standard InChI is InChI=1S/C9H10N4O2S/c1-13(4-7-5-16-6-12-7)9(15)8(14)11-3-2-10/h5-6H,3-4H2,1H3,(H,11,14). The Morgan fingerprint density at radius 2 is 2.44 bits per heavy atom. The first-order valence-corrected chi connectivity index (χ1v) is 5.36. The SMILES string of the molecule is CN(Cc1cscn1)C(=O)C(=O)NCC#N. The molecule has 1 heterocycles. The highest BCUT2D eigenvalue weighted by atomic mass is 32.1. The second-order valence-electron chi connectivity index (χ2n) is 2.98. The van der Waals surface area contributed by atoms with Gasteiger partial charge in [-0.1, -0.05) is 0 Å².